The van der Waals surface area contributed by atoms with Crippen molar-refractivity contribution in [1.82, 2.24) is 0 Å². The maximum Gasteiger partial charge on any atom is 0.119 e. The second-order valence-electron chi connectivity index (χ2n) is 7.97. The van der Waals surface area contributed by atoms with Crippen LogP contribution in [-0.2, 0) is 4.74 Å². The van der Waals surface area contributed by atoms with Gasteiger partial charge < -0.3 is 26.4 Å². The van der Waals surface area contributed by atoms with Gasteiger partial charge in [0.1, 0.15) is 18.4 Å². The molecule has 0 radical (unpaired) electrons. The number of halogens is 1. The van der Waals surface area contributed by atoms with Crippen LogP contribution in [0.1, 0.15) is 23.7 Å². The van der Waals surface area contributed by atoms with Crippen LogP contribution in [0.2, 0.25) is 0 Å². The molecule has 0 fully saturated rings. The Bertz CT molecular complexity index is 786. The summed E-state index contributed by atoms with van der Waals surface area (Å²) in [6.45, 7) is 3.46. The van der Waals surface area contributed by atoms with Crippen LogP contribution in [0.5, 0.6) is 5.75 Å². The smallest absolute Gasteiger partial charge is 0.119 e. The highest BCUT2D eigenvalue weighted by Gasteiger charge is 2.18. The van der Waals surface area contributed by atoms with E-state index in [1.807, 2.05) is 42.5 Å². The third-order valence-corrected chi connectivity index (χ3v) is 5.11. The Morgan fingerprint density at radius 1 is 0.667 bits per heavy atom. The number of para-hydroxylation sites is 1. The maximum atomic E-state index is 6.38. The Morgan fingerprint density at radius 2 is 1.17 bits per heavy atom. The Morgan fingerprint density at radius 3 is 1.70 bits per heavy atom. The van der Waals surface area contributed by atoms with Gasteiger partial charge in [-0.3, -0.25) is 0 Å². The van der Waals surface area contributed by atoms with Gasteiger partial charge in [0.25, 0.3) is 0 Å². The first-order valence-electron chi connectivity index (χ1n) is 10.4. The molecule has 0 spiro atoms. The minimum atomic E-state index is -0.0289. The SMILES string of the molecule is C[N+](C)(CCCOc1ccccc1)CCOC(c1ccccc1)c1ccccc1.[Cl-]. The summed E-state index contributed by atoms with van der Waals surface area (Å²) in [6.07, 6.45) is 0.988. The normalized spacial score (nSPS) is 11.2. The average molecular weight is 426 g/mol. The molecule has 4 heteroatoms. The second-order valence-corrected chi connectivity index (χ2v) is 7.97. The van der Waals surface area contributed by atoms with Crippen LogP contribution in [0.3, 0.4) is 0 Å². The van der Waals surface area contributed by atoms with Crippen LogP contribution in [0.4, 0.5) is 0 Å². The molecule has 0 saturated heterocycles. The molecule has 3 aromatic rings. The molecule has 0 saturated carbocycles. The number of nitrogens with zero attached hydrogens (tertiary/aromatic N) is 1. The van der Waals surface area contributed by atoms with Gasteiger partial charge in [-0.25, -0.2) is 0 Å². The predicted molar refractivity (Wildman–Crippen MR) is 119 cm³/mol. The van der Waals surface area contributed by atoms with Gasteiger partial charge in [0.05, 0.1) is 33.9 Å². The van der Waals surface area contributed by atoms with E-state index in [4.69, 9.17) is 9.47 Å². The topological polar surface area (TPSA) is 18.5 Å². The van der Waals surface area contributed by atoms with Gasteiger partial charge in [0.2, 0.25) is 0 Å². The molecule has 0 unspecified atom stereocenters. The molecule has 0 aliphatic heterocycles. The summed E-state index contributed by atoms with van der Waals surface area (Å²) in [5, 5.41) is 0. The number of hydrogen-bond acceptors (Lipinski definition) is 2. The van der Waals surface area contributed by atoms with Gasteiger partial charge in [0.15, 0.2) is 0 Å². The Balaban J connectivity index is 0.00000320. The van der Waals surface area contributed by atoms with Crippen molar-refractivity contribution in [3.05, 3.63) is 102 Å². The zero-order chi connectivity index (χ0) is 20.4. The lowest BCUT2D eigenvalue weighted by Crippen LogP contribution is -3.00. The molecule has 0 heterocycles. The Labute approximate surface area is 187 Å². The fraction of sp³-hybridized carbons (Fsp3) is 0.308. The summed E-state index contributed by atoms with van der Waals surface area (Å²) in [6, 6.07) is 30.9. The highest BCUT2D eigenvalue weighted by Crippen LogP contribution is 2.25. The van der Waals surface area contributed by atoms with Gasteiger partial charge in [-0.15, -0.1) is 0 Å². The number of rotatable bonds is 11. The van der Waals surface area contributed by atoms with Crippen molar-refractivity contribution in [2.75, 3.05) is 40.4 Å². The summed E-state index contributed by atoms with van der Waals surface area (Å²) >= 11 is 0. The molecule has 3 nitrogen and oxygen atoms in total. The monoisotopic (exact) mass is 425 g/mol. The van der Waals surface area contributed by atoms with Crippen molar-refractivity contribution in [3.8, 4) is 5.75 Å². The first-order chi connectivity index (χ1) is 14.1. The zero-order valence-electron chi connectivity index (χ0n) is 17.9. The second kappa shape index (κ2) is 12.4. The molecule has 0 atom stereocenters. The van der Waals surface area contributed by atoms with E-state index in [0.717, 1.165) is 36.3 Å². The first-order valence-corrected chi connectivity index (χ1v) is 10.4. The molecule has 3 rings (SSSR count). The predicted octanol–water partition coefficient (Wildman–Crippen LogP) is 2.34. The lowest BCUT2D eigenvalue weighted by atomic mass is 10.0. The van der Waals surface area contributed by atoms with Crippen LogP contribution in [0.15, 0.2) is 91.0 Å². The third-order valence-electron chi connectivity index (χ3n) is 5.11. The van der Waals surface area contributed by atoms with E-state index in [0.29, 0.717) is 6.61 Å². The fourth-order valence-electron chi connectivity index (χ4n) is 3.37. The van der Waals surface area contributed by atoms with Crippen LogP contribution in [-0.4, -0.2) is 44.9 Å². The van der Waals surface area contributed by atoms with Crippen molar-refractivity contribution in [3.63, 3.8) is 0 Å². The lowest BCUT2D eigenvalue weighted by molar-refractivity contribution is -0.891. The quantitative estimate of drug-likeness (QED) is 0.347. The lowest BCUT2D eigenvalue weighted by Gasteiger charge is -2.30. The molecule has 0 N–H and O–H groups in total. The van der Waals surface area contributed by atoms with Crippen molar-refractivity contribution in [2.24, 2.45) is 0 Å². The van der Waals surface area contributed by atoms with Crippen LogP contribution >= 0.6 is 0 Å². The minimum Gasteiger partial charge on any atom is -1.00 e. The summed E-state index contributed by atoms with van der Waals surface area (Å²) in [5.41, 5.74) is 2.39. The van der Waals surface area contributed by atoms with E-state index in [1.165, 1.54) is 11.1 Å². The molecular formula is C26H32ClNO2. The van der Waals surface area contributed by atoms with Gasteiger partial charge in [-0.05, 0) is 23.3 Å². The summed E-state index contributed by atoms with van der Waals surface area (Å²) < 4.78 is 13.1. The van der Waals surface area contributed by atoms with E-state index in [-0.39, 0.29) is 18.5 Å². The molecule has 0 aliphatic rings. The van der Waals surface area contributed by atoms with Gasteiger partial charge in [-0.2, -0.15) is 0 Å². The van der Waals surface area contributed by atoms with Crippen LogP contribution < -0.4 is 17.1 Å². The minimum absolute atomic E-state index is 0. The number of quaternary nitrogens is 1. The number of hydrogen-bond donors (Lipinski definition) is 0. The van der Waals surface area contributed by atoms with Crippen LogP contribution in [0.25, 0.3) is 0 Å². The molecule has 0 bridgehead atoms. The maximum absolute atomic E-state index is 6.38. The molecule has 0 aromatic heterocycles. The number of ether oxygens (including phenoxy) is 2. The van der Waals surface area contributed by atoms with E-state index >= 15 is 0 Å². The van der Waals surface area contributed by atoms with E-state index in [9.17, 15) is 0 Å². The van der Waals surface area contributed by atoms with Crippen molar-refractivity contribution >= 4 is 0 Å². The fourth-order valence-corrected chi connectivity index (χ4v) is 3.37. The molecule has 30 heavy (non-hydrogen) atoms. The first kappa shape index (κ1) is 23.9. The number of likely N-dealkylation sites (N-methyl/N-ethyl adjacent to an activating group) is 1. The van der Waals surface area contributed by atoms with Gasteiger partial charge >= 0.3 is 0 Å². The standard InChI is InChI=1S/C26H32NO2.ClH/c1-27(2,19-12-21-28-25-17-10-5-11-18-25)20-22-29-26(23-13-6-3-7-14-23)24-15-8-4-9-16-24;/h3-11,13-18,26H,12,19-22H2,1-2H3;1H/q+1;/p-1. The zero-order valence-corrected chi connectivity index (χ0v) is 18.7. The molecule has 3 aromatic carbocycles. The van der Waals surface area contributed by atoms with Crippen molar-refractivity contribution in [2.45, 2.75) is 12.5 Å². The average Bonchev–Trinajstić information content (AvgIpc) is 2.76. The molecular weight excluding hydrogens is 394 g/mol. The molecule has 0 amide bonds. The highest BCUT2D eigenvalue weighted by molar-refractivity contribution is 5.29. The Hall–Kier alpha value is -2.33. The molecule has 0 aliphatic carbocycles. The van der Waals surface area contributed by atoms with Gasteiger partial charge in [0, 0.05) is 6.42 Å². The summed E-state index contributed by atoms with van der Waals surface area (Å²) in [7, 11) is 4.51. The summed E-state index contributed by atoms with van der Waals surface area (Å²) in [4.78, 5) is 0. The Kier molecular flexibility index (Phi) is 9.88. The van der Waals surface area contributed by atoms with Crippen LogP contribution in [0, 0.1) is 0 Å². The number of benzene rings is 3. The van der Waals surface area contributed by atoms with E-state index < -0.39 is 0 Å². The van der Waals surface area contributed by atoms with Crippen molar-refractivity contribution < 1.29 is 26.4 Å². The largest absolute Gasteiger partial charge is 1.00 e. The molecule has 160 valence electrons. The van der Waals surface area contributed by atoms with E-state index in [1.54, 1.807) is 0 Å². The third kappa shape index (κ3) is 7.83. The van der Waals surface area contributed by atoms with E-state index in [2.05, 4.69) is 62.6 Å². The van der Waals surface area contributed by atoms with Gasteiger partial charge in [-0.1, -0.05) is 78.9 Å². The van der Waals surface area contributed by atoms with Crippen molar-refractivity contribution in [1.29, 1.82) is 0 Å². The highest BCUT2D eigenvalue weighted by atomic mass is 35.5. The summed E-state index contributed by atoms with van der Waals surface area (Å²) in [5.74, 6) is 0.940.